The van der Waals surface area contributed by atoms with E-state index in [-0.39, 0.29) is 11.1 Å². The number of alkyl halides is 6. The number of hydrogen-bond acceptors (Lipinski definition) is 3. The standard InChI is InChI=1S/C17H12ClF6O3P/c18-10-5-6-13-14(7-10)11-3-1-2-4-12(11)15(13)28(25,26-8-16(19,20)21)27-9-17(22,23)24/h1-7,15H,8-9H2. The van der Waals surface area contributed by atoms with Gasteiger partial charge in [-0.25, -0.2) is 0 Å². The van der Waals surface area contributed by atoms with Gasteiger partial charge in [-0.3, -0.25) is 13.6 Å². The third-order valence-corrected chi connectivity index (χ3v) is 6.39. The average molecular weight is 445 g/mol. The van der Waals surface area contributed by atoms with E-state index in [0.717, 1.165) is 0 Å². The molecular formula is C17H12ClF6O3P. The molecule has 0 spiro atoms. The summed E-state index contributed by atoms with van der Waals surface area (Å²) in [4.78, 5) is 0. The highest BCUT2D eigenvalue weighted by molar-refractivity contribution is 7.54. The second-order valence-electron chi connectivity index (χ2n) is 6.04. The van der Waals surface area contributed by atoms with Gasteiger partial charge in [-0.05, 0) is 34.4 Å². The molecule has 0 saturated heterocycles. The number of fused-ring (bicyclic) bond motifs is 3. The number of benzene rings is 2. The van der Waals surface area contributed by atoms with Crippen molar-refractivity contribution >= 4 is 19.2 Å². The summed E-state index contributed by atoms with van der Waals surface area (Å²) in [5, 5.41) is 0.302. The Kier molecular flexibility index (Phi) is 5.57. The molecule has 0 heterocycles. The SMILES string of the molecule is O=P(OCC(F)(F)F)(OCC(F)(F)F)C1c2ccccc2-c2cc(Cl)ccc21. The second-order valence-corrected chi connectivity index (χ2v) is 8.59. The van der Waals surface area contributed by atoms with Gasteiger partial charge in [0.15, 0.2) is 13.2 Å². The summed E-state index contributed by atoms with van der Waals surface area (Å²) in [6, 6.07) is 10.5. The highest BCUT2D eigenvalue weighted by atomic mass is 35.5. The molecule has 28 heavy (non-hydrogen) atoms. The topological polar surface area (TPSA) is 35.5 Å². The van der Waals surface area contributed by atoms with E-state index in [1.54, 1.807) is 12.1 Å². The van der Waals surface area contributed by atoms with E-state index in [2.05, 4.69) is 9.05 Å². The van der Waals surface area contributed by atoms with Crippen molar-refractivity contribution in [2.75, 3.05) is 13.2 Å². The maximum Gasteiger partial charge on any atom is 0.412 e. The Bertz CT molecular complexity index is 906. The highest BCUT2D eigenvalue weighted by Gasteiger charge is 2.48. The molecule has 3 nitrogen and oxygen atoms in total. The van der Waals surface area contributed by atoms with Crippen LogP contribution in [0.1, 0.15) is 16.8 Å². The van der Waals surface area contributed by atoms with Crippen molar-refractivity contribution in [3.8, 4) is 11.1 Å². The van der Waals surface area contributed by atoms with Crippen LogP contribution in [0.15, 0.2) is 42.5 Å². The normalized spacial score (nSPS) is 16.8. The Hall–Kier alpha value is -1.54. The van der Waals surface area contributed by atoms with Crippen LogP contribution in [0.3, 0.4) is 0 Å². The van der Waals surface area contributed by atoms with Gasteiger partial charge < -0.3 is 0 Å². The molecule has 0 bridgehead atoms. The van der Waals surface area contributed by atoms with E-state index in [9.17, 15) is 30.9 Å². The largest absolute Gasteiger partial charge is 0.412 e. The van der Waals surface area contributed by atoms with Crippen molar-refractivity contribution in [3.63, 3.8) is 0 Å². The molecule has 2 aromatic carbocycles. The van der Waals surface area contributed by atoms with Crippen LogP contribution in [-0.4, -0.2) is 25.6 Å². The number of halogens is 7. The Morgan fingerprint density at radius 2 is 1.39 bits per heavy atom. The smallest absolute Gasteiger partial charge is 0.298 e. The Morgan fingerprint density at radius 1 is 0.857 bits per heavy atom. The van der Waals surface area contributed by atoms with E-state index < -0.39 is 38.8 Å². The van der Waals surface area contributed by atoms with Crippen LogP contribution in [0.25, 0.3) is 11.1 Å². The van der Waals surface area contributed by atoms with E-state index in [0.29, 0.717) is 16.1 Å². The van der Waals surface area contributed by atoms with Crippen LogP contribution >= 0.6 is 19.2 Å². The molecule has 0 saturated carbocycles. The average Bonchev–Trinajstić information content (AvgIpc) is 2.91. The molecule has 1 aliphatic carbocycles. The first-order valence-corrected chi connectivity index (χ1v) is 9.80. The lowest BCUT2D eigenvalue weighted by Crippen LogP contribution is -2.21. The summed E-state index contributed by atoms with van der Waals surface area (Å²) >= 11 is 5.96. The van der Waals surface area contributed by atoms with Gasteiger partial charge in [0.2, 0.25) is 0 Å². The first kappa shape index (κ1) is 21.2. The van der Waals surface area contributed by atoms with Crippen molar-refractivity contribution in [1.82, 2.24) is 0 Å². The van der Waals surface area contributed by atoms with Gasteiger partial charge in [-0.15, -0.1) is 0 Å². The monoisotopic (exact) mass is 444 g/mol. The van der Waals surface area contributed by atoms with Crippen molar-refractivity contribution in [2.24, 2.45) is 0 Å². The van der Waals surface area contributed by atoms with Crippen molar-refractivity contribution < 1.29 is 40.0 Å². The van der Waals surface area contributed by atoms with Crippen LogP contribution in [0.5, 0.6) is 0 Å². The van der Waals surface area contributed by atoms with E-state index in [1.807, 2.05) is 0 Å². The molecule has 152 valence electrons. The van der Waals surface area contributed by atoms with E-state index in [1.165, 1.54) is 30.3 Å². The quantitative estimate of drug-likeness (QED) is 0.377. The van der Waals surface area contributed by atoms with Crippen LogP contribution < -0.4 is 0 Å². The van der Waals surface area contributed by atoms with Crippen LogP contribution in [-0.2, 0) is 13.6 Å². The molecule has 2 aromatic rings. The van der Waals surface area contributed by atoms with Gasteiger partial charge in [-0.1, -0.05) is 41.9 Å². The second kappa shape index (κ2) is 7.37. The van der Waals surface area contributed by atoms with Gasteiger partial charge >= 0.3 is 19.9 Å². The van der Waals surface area contributed by atoms with Crippen LogP contribution in [0.4, 0.5) is 26.3 Å². The molecule has 0 fully saturated rings. The molecule has 0 amide bonds. The first-order valence-electron chi connectivity index (χ1n) is 7.81. The molecule has 3 rings (SSSR count). The summed E-state index contributed by atoms with van der Waals surface area (Å²) in [5.74, 6) is 0. The Labute approximate surface area is 160 Å². The van der Waals surface area contributed by atoms with Crippen LogP contribution in [0, 0.1) is 0 Å². The fourth-order valence-corrected chi connectivity index (χ4v) is 5.33. The molecule has 0 aromatic heterocycles. The lowest BCUT2D eigenvalue weighted by molar-refractivity contribution is -0.165. The summed E-state index contributed by atoms with van der Waals surface area (Å²) in [7, 11) is -4.92. The summed E-state index contributed by atoms with van der Waals surface area (Å²) < 4.78 is 98.1. The molecule has 0 radical (unpaired) electrons. The number of hydrogen-bond donors (Lipinski definition) is 0. The third kappa shape index (κ3) is 4.54. The Morgan fingerprint density at radius 3 is 1.96 bits per heavy atom. The fraction of sp³-hybridized carbons (Fsp3) is 0.294. The number of rotatable bonds is 5. The highest BCUT2D eigenvalue weighted by Crippen LogP contribution is 2.69. The zero-order chi connectivity index (χ0) is 20.7. The zero-order valence-electron chi connectivity index (χ0n) is 13.9. The first-order chi connectivity index (χ1) is 12.9. The molecule has 0 aliphatic heterocycles. The molecule has 11 heteroatoms. The van der Waals surface area contributed by atoms with Crippen LogP contribution in [0.2, 0.25) is 5.02 Å². The molecule has 1 atom stereocenters. The minimum Gasteiger partial charge on any atom is -0.298 e. The van der Waals surface area contributed by atoms with Crippen molar-refractivity contribution in [2.45, 2.75) is 18.0 Å². The van der Waals surface area contributed by atoms with E-state index >= 15 is 0 Å². The minimum atomic E-state index is -4.92. The minimum absolute atomic E-state index is 0.221. The van der Waals surface area contributed by atoms with Crippen molar-refractivity contribution in [1.29, 1.82) is 0 Å². The Balaban J connectivity index is 2.10. The summed E-state index contributed by atoms with van der Waals surface area (Å²) in [6.45, 7) is -4.02. The lowest BCUT2D eigenvalue weighted by Gasteiger charge is -2.26. The van der Waals surface area contributed by atoms with Crippen molar-refractivity contribution in [3.05, 3.63) is 58.6 Å². The molecule has 0 N–H and O–H groups in total. The third-order valence-electron chi connectivity index (χ3n) is 3.99. The van der Waals surface area contributed by atoms with Gasteiger partial charge in [0.05, 0.1) is 0 Å². The maximum absolute atomic E-state index is 13.2. The lowest BCUT2D eigenvalue weighted by atomic mass is 10.1. The fourth-order valence-electron chi connectivity index (χ4n) is 3.00. The van der Waals surface area contributed by atoms with Gasteiger partial charge in [0.1, 0.15) is 5.66 Å². The zero-order valence-corrected chi connectivity index (χ0v) is 15.5. The molecule has 1 unspecified atom stereocenters. The van der Waals surface area contributed by atoms with Gasteiger partial charge in [0.25, 0.3) is 0 Å². The summed E-state index contributed by atoms with van der Waals surface area (Å²) in [6.07, 6.45) is -9.81. The molecular weight excluding hydrogens is 433 g/mol. The predicted molar refractivity (Wildman–Crippen MR) is 90.4 cm³/mol. The summed E-state index contributed by atoms with van der Waals surface area (Å²) in [5.41, 5.74) is -0.0533. The maximum atomic E-state index is 13.2. The molecule has 1 aliphatic rings. The van der Waals surface area contributed by atoms with E-state index in [4.69, 9.17) is 11.6 Å². The predicted octanol–water partition coefficient (Wildman–Crippen LogP) is 6.76. The van der Waals surface area contributed by atoms with Gasteiger partial charge in [-0.2, -0.15) is 26.3 Å². The van der Waals surface area contributed by atoms with Gasteiger partial charge in [0, 0.05) is 5.02 Å².